The third-order valence-electron chi connectivity index (χ3n) is 3.82. The minimum absolute atomic E-state index is 0.0280. The van der Waals surface area contributed by atoms with Crippen molar-refractivity contribution in [2.45, 2.75) is 41.4 Å². The van der Waals surface area contributed by atoms with Crippen molar-refractivity contribution in [3.63, 3.8) is 0 Å². The number of benzene rings is 1. The number of nitrogens with zero attached hydrogens (tertiary/aromatic N) is 1. The molecule has 0 spiro atoms. The van der Waals surface area contributed by atoms with Crippen LogP contribution in [0, 0.1) is 0 Å². The molecule has 0 saturated carbocycles. The van der Waals surface area contributed by atoms with Crippen molar-refractivity contribution in [1.29, 1.82) is 0 Å². The molecule has 1 amide bonds. The van der Waals surface area contributed by atoms with Crippen LogP contribution < -0.4 is 0 Å². The number of hydrogen-bond acceptors (Lipinski definition) is 4. The maximum absolute atomic E-state index is 12.4. The summed E-state index contributed by atoms with van der Waals surface area (Å²) in [6.07, 6.45) is 0. The van der Waals surface area contributed by atoms with Gasteiger partial charge in [-0.2, -0.15) is 0 Å². The van der Waals surface area contributed by atoms with E-state index in [1.54, 1.807) is 16.7 Å². The van der Waals surface area contributed by atoms with Gasteiger partial charge in [0.2, 0.25) is 5.91 Å². The molecule has 4 nitrogen and oxygen atoms in total. The molecule has 112 valence electrons. The van der Waals surface area contributed by atoms with Gasteiger partial charge in [0.25, 0.3) is 0 Å². The molecule has 2 aliphatic heterocycles. The average Bonchev–Trinajstić information content (AvgIpc) is 2.74. The van der Waals surface area contributed by atoms with Crippen LogP contribution in [0.25, 0.3) is 0 Å². The van der Waals surface area contributed by atoms with Crippen LogP contribution >= 0.6 is 27.7 Å². The molecule has 0 N–H and O–H groups in total. The Balaban J connectivity index is 1.70. The molecule has 0 aliphatic carbocycles. The zero-order valence-electron chi connectivity index (χ0n) is 11.8. The van der Waals surface area contributed by atoms with Crippen LogP contribution in [-0.2, 0) is 20.9 Å². The normalized spacial score (nSPS) is 29.8. The summed E-state index contributed by atoms with van der Waals surface area (Å²) in [7, 11) is 0. The summed E-state index contributed by atoms with van der Waals surface area (Å²) in [4.78, 5) is 25.9. The Labute approximate surface area is 136 Å². The zero-order chi connectivity index (χ0) is 15.2. The predicted octanol–water partition coefficient (Wildman–Crippen LogP) is 2.56. The molecule has 2 saturated heterocycles. The fourth-order valence-corrected chi connectivity index (χ4v) is 5.11. The molecule has 0 aromatic heterocycles. The lowest BCUT2D eigenvalue weighted by Crippen LogP contribution is -2.63. The van der Waals surface area contributed by atoms with Crippen LogP contribution in [0.5, 0.6) is 0 Å². The van der Waals surface area contributed by atoms with Gasteiger partial charge >= 0.3 is 5.97 Å². The standard InChI is InChI=1S/C15H16BrNO3S/c1-15(2)11(17-12(18)10(16)13(17)21-15)14(19)20-8-9-6-4-3-5-7-9/h3-7,10-11,13H,8H2,1-2H3/t10-,11+,13-/m1/s1. The van der Waals surface area contributed by atoms with E-state index in [-0.39, 0.29) is 33.4 Å². The second-order valence-electron chi connectivity index (χ2n) is 5.75. The summed E-state index contributed by atoms with van der Waals surface area (Å²) in [6.45, 7) is 4.20. The quantitative estimate of drug-likeness (QED) is 0.466. The predicted molar refractivity (Wildman–Crippen MR) is 85.0 cm³/mol. The van der Waals surface area contributed by atoms with Gasteiger partial charge in [0.15, 0.2) is 0 Å². The van der Waals surface area contributed by atoms with Gasteiger partial charge in [0.1, 0.15) is 22.8 Å². The fourth-order valence-electron chi connectivity index (χ4n) is 2.75. The van der Waals surface area contributed by atoms with Crippen molar-refractivity contribution in [3.05, 3.63) is 35.9 Å². The molecule has 2 aliphatic rings. The number of hydrogen-bond donors (Lipinski definition) is 0. The van der Waals surface area contributed by atoms with Gasteiger partial charge in [-0.15, -0.1) is 11.8 Å². The topological polar surface area (TPSA) is 46.6 Å². The number of carbonyl (C=O) groups is 2. The lowest BCUT2D eigenvalue weighted by atomic mass is 9.98. The Hall–Kier alpha value is -1.01. The van der Waals surface area contributed by atoms with Crippen LogP contribution in [0.15, 0.2) is 30.3 Å². The molecular weight excluding hydrogens is 354 g/mol. The second-order valence-corrected chi connectivity index (χ2v) is 8.51. The van der Waals surface area contributed by atoms with E-state index in [1.807, 2.05) is 44.2 Å². The molecular formula is C15H16BrNO3S. The molecule has 0 radical (unpaired) electrons. The molecule has 21 heavy (non-hydrogen) atoms. The number of amides is 1. The van der Waals surface area contributed by atoms with Crippen molar-refractivity contribution in [2.24, 2.45) is 0 Å². The average molecular weight is 370 g/mol. The molecule has 1 aromatic carbocycles. The van der Waals surface area contributed by atoms with E-state index in [0.717, 1.165) is 5.56 Å². The molecule has 3 rings (SSSR count). The highest BCUT2D eigenvalue weighted by Crippen LogP contribution is 2.52. The van der Waals surface area contributed by atoms with E-state index in [2.05, 4.69) is 15.9 Å². The molecule has 0 bridgehead atoms. The second kappa shape index (κ2) is 5.32. The number of thioether (sulfide) groups is 1. The van der Waals surface area contributed by atoms with Gasteiger partial charge in [-0.25, -0.2) is 4.79 Å². The zero-order valence-corrected chi connectivity index (χ0v) is 14.2. The van der Waals surface area contributed by atoms with Crippen molar-refractivity contribution < 1.29 is 14.3 Å². The summed E-state index contributed by atoms with van der Waals surface area (Å²) in [6, 6.07) is 9.03. The molecule has 3 atom stereocenters. The smallest absolute Gasteiger partial charge is 0.330 e. The summed E-state index contributed by atoms with van der Waals surface area (Å²) in [5.74, 6) is -0.355. The first-order valence-electron chi connectivity index (χ1n) is 6.76. The van der Waals surface area contributed by atoms with Crippen LogP contribution in [0.1, 0.15) is 19.4 Å². The number of rotatable bonds is 3. The maximum Gasteiger partial charge on any atom is 0.330 e. The van der Waals surface area contributed by atoms with E-state index in [1.165, 1.54) is 0 Å². The Kier molecular flexibility index (Phi) is 3.78. The van der Waals surface area contributed by atoms with Gasteiger partial charge in [0, 0.05) is 4.75 Å². The fraction of sp³-hybridized carbons (Fsp3) is 0.467. The lowest BCUT2D eigenvalue weighted by molar-refractivity contribution is -0.161. The van der Waals surface area contributed by atoms with E-state index < -0.39 is 6.04 Å². The minimum Gasteiger partial charge on any atom is -0.459 e. The van der Waals surface area contributed by atoms with Gasteiger partial charge in [-0.3, -0.25) is 4.79 Å². The summed E-state index contributed by atoms with van der Waals surface area (Å²) in [5.41, 5.74) is 0.944. The third-order valence-corrected chi connectivity index (χ3v) is 6.64. The van der Waals surface area contributed by atoms with Crippen LogP contribution in [-0.4, -0.2) is 37.8 Å². The summed E-state index contributed by atoms with van der Waals surface area (Å²) in [5, 5.41) is 0.0294. The molecule has 2 heterocycles. The molecule has 0 unspecified atom stereocenters. The highest BCUT2D eigenvalue weighted by atomic mass is 79.9. The van der Waals surface area contributed by atoms with Crippen molar-refractivity contribution >= 4 is 39.6 Å². The van der Waals surface area contributed by atoms with E-state index in [4.69, 9.17) is 4.74 Å². The van der Waals surface area contributed by atoms with Crippen LogP contribution in [0.2, 0.25) is 0 Å². The van der Waals surface area contributed by atoms with Gasteiger partial charge in [-0.05, 0) is 19.4 Å². The molecule has 1 aromatic rings. The maximum atomic E-state index is 12.4. The molecule has 6 heteroatoms. The van der Waals surface area contributed by atoms with Crippen molar-refractivity contribution in [3.8, 4) is 0 Å². The first-order valence-corrected chi connectivity index (χ1v) is 8.56. The van der Waals surface area contributed by atoms with Crippen molar-refractivity contribution in [2.75, 3.05) is 0 Å². The Bertz CT molecular complexity index is 578. The Morgan fingerprint density at radius 1 is 1.38 bits per heavy atom. The number of carbonyl (C=O) groups excluding carboxylic acids is 2. The largest absolute Gasteiger partial charge is 0.459 e. The number of ether oxygens (including phenoxy) is 1. The number of halogens is 1. The van der Waals surface area contributed by atoms with Crippen LogP contribution in [0.4, 0.5) is 0 Å². The van der Waals surface area contributed by atoms with Gasteiger partial charge in [-0.1, -0.05) is 46.3 Å². The Morgan fingerprint density at radius 2 is 2.05 bits per heavy atom. The number of alkyl halides is 1. The third kappa shape index (κ3) is 2.48. The van der Waals surface area contributed by atoms with E-state index in [0.29, 0.717) is 0 Å². The first kappa shape index (κ1) is 14.9. The number of β-lactam (4-membered cyclic amide) rings is 1. The number of fused-ring (bicyclic) bond motifs is 1. The number of esters is 1. The highest BCUT2D eigenvalue weighted by molar-refractivity contribution is 9.10. The van der Waals surface area contributed by atoms with Crippen LogP contribution in [0.3, 0.4) is 0 Å². The minimum atomic E-state index is -0.516. The first-order chi connectivity index (χ1) is 9.92. The Morgan fingerprint density at radius 3 is 2.71 bits per heavy atom. The highest BCUT2D eigenvalue weighted by Gasteiger charge is 2.63. The SMILES string of the molecule is CC1(C)S[C@@H]2[C@H](Br)C(=O)N2[C@H]1C(=O)OCc1ccccc1. The van der Waals surface area contributed by atoms with Crippen molar-refractivity contribution in [1.82, 2.24) is 4.90 Å². The van der Waals surface area contributed by atoms with Gasteiger partial charge < -0.3 is 9.64 Å². The molecule has 2 fully saturated rings. The monoisotopic (exact) mass is 369 g/mol. The van der Waals surface area contributed by atoms with Gasteiger partial charge in [0.05, 0.1) is 0 Å². The van der Waals surface area contributed by atoms with E-state index >= 15 is 0 Å². The lowest BCUT2D eigenvalue weighted by Gasteiger charge is -2.41. The summed E-state index contributed by atoms with van der Waals surface area (Å²) < 4.78 is 5.09. The van der Waals surface area contributed by atoms with E-state index in [9.17, 15) is 9.59 Å². The summed E-state index contributed by atoms with van der Waals surface area (Å²) >= 11 is 5.02.